The van der Waals surface area contributed by atoms with Crippen LogP contribution in [0.15, 0.2) is 53.8 Å². The number of nitrogens with one attached hydrogen (secondary N) is 2. The van der Waals surface area contributed by atoms with Crippen molar-refractivity contribution >= 4 is 52.5 Å². The molecule has 2 bridgehead atoms. The van der Waals surface area contributed by atoms with E-state index in [1.54, 1.807) is 25.1 Å². The minimum Gasteiger partial charge on any atom is -0.512 e. The van der Waals surface area contributed by atoms with Gasteiger partial charge in [-0.15, -0.1) is 0 Å². The van der Waals surface area contributed by atoms with Gasteiger partial charge in [-0.25, -0.2) is 0 Å². The number of hydrogen-bond donors (Lipinski definition) is 4. The van der Waals surface area contributed by atoms with E-state index in [-0.39, 0.29) is 42.1 Å². The average molecular weight is 605 g/mol. The van der Waals surface area contributed by atoms with Crippen molar-refractivity contribution in [2.24, 2.45) is 11.8 Å². The van der Waals surface area contributed by atoms with Gasteiger partial charge in [-0.3, -0.25) is 14.9 Å². The molecule has 0 aromatic heterocycles. The Hall–Kier alpha value is -2.23. The Bertz CT molecular complexity index is 1260. The molecule has 1 saturated heterocycles. The molecular weight excluding hydrogens is 569 g/mol. The molecule has 3 fully saturated rings. The van der Waals surface area contributed by atoms with Crippen LogP contribution in [0.4, 0.5) is 5.69 Å². The maximum atomic E-state index is 12.4. The van der Waals surface area contributed by atoms with Crippen molar-refractivity contribution in [2.75, 3.05) is 23.8 Å². The lowest BCUT2D eigenvalue weighted by Crippen LogP contribution is -2.39. The van der Waals surface area contributed by atoms with E-state index in [9.17, 15) is 15.0 Å². The molecule has 4 N–H and O–H groups in total. The summed E-state index contributed by atoms with van der Waals surface area (Å²) in [4.78, 5) is 14.8. The first kappa shape index (κ1) is 29.3. The van der Waals surface area contributed by atoms with Crippen LogP contribution in [0.5, 0.6) is 0 Å². The third kappa shape index (κ3) is 6.63. The van der Waals surface area contributed by atoms with E-state index in [2.05, 4.69) is 9.62 Å². The van der Waals surface area contributed by atoms with Crippen molar-refractivity contribution in [1.29, 1.82) is 5.41 Å². The van der Waals surface area contributed by atoms with E-state index in [1.807, 2.05) is 24.3 Å². The molecule has 40 heavy (non-hydrogen) atoms. The normalized spacial score (nSPS) is 23.2. The molecule has 1 aliphatic heterocycles. The first-order chi connectivity index (χ1) is 19.2. The second-order valence-electron chi connectivity index (χ2n) is 11.0. The number of carbonyl (C=O) groups excluding carboxylic acids is 1. The largest absolute Gasteiger partial charge is 0.512 e. The van der Waals surface area contributed by atoms with Gasteiger partial charge in [0.15, 0.2) is 0 Å². The first-order valence-corrected chi connectivity index (χ1v) is 15.5. The van der Waals surface area contributed by atoms with Gasteiger partial charge in [0, 0.05) is 52.6 Å². The highest BCUT2D eigenvalue weighted by molar-refractivity contribution is 7.97. The number of aliphatic hydroxyl groups is 2. The van der Waals surface area contributed by atoms with Crippen LogP contribution in [0.1, 0.15) is 54.9 Å². The predicted molar refractivity (Wildman–Crippen MR) is 162 cm³/mol. The Morgan fingerprint density at radius 3 is 2.48 bits per heavy atom. The molecule has 2 saturated carbocycles. The van der Waals surface area contributed by atoms with Crippen LogP contribution in [-0.2, 0) is 4.74 Å². The van der Waals surface area contributed by atoms with Crippen molar-refractivity contribution in [2.45, 2.75) is 57.3 Å². The molecule has 2 aromatic carbocycles. The minimum absolute atomic E-state index is 0.0430. The van der Waals surface area contributed by atoms with Crippen molar-refractivity contribution in [1.82, 2.24) is 4.72 Å². The molecule has 4 atom stereocenters. The summed E-state index contributed by atoms with van der Waals surface area (Å²) >= 11 is 14.1. The Labute approximate surface area is 249 Å². The lowest BCUT2D eigenvalue weighted by Gasteiger charge is -2.33. The number of amides is 1. The lowest BCUT2D eigenvalue weighted by molar-refractivity contribution is 0.0390. The molecule has 1 unspecified atom stereocenters. The number of rotatable bonds is 12. The fourth-order valence-electron chi connectivity index (χ4n) is 5.59. The lowest BCUT2D eigenvalue weighted by atomic mass is 9.99. The topological polar surface area (TPSA) is 106 Å². The summed E-state index contributed by atoms with van der Waals surface area (Å²) in [7, 11) is 0. The van der Waals surface area contributed by atoms with Gasteiger partial charge in [-0.05, 0) is 75.4 Å². The van der Waals surface area contributed by atoms with Gasteiger partial charge in [-0.2, -0.15) is 0 Å². The van der Waals surface area contributed by atoms with E-state index >= 15 is 0 Å². The number of allylic oxidation sites excluding steroid dienone is 1. The van der Waals surface area contributed by atoms with Crippen LogP contribution in [0.2, 0.25) is 10.0 Å². The third-order valence-corrected chi connectivity index (χ3v) is 9.37. The summed E-state index contributed by atoms with van der Waals surface area (Å²) in [5.41, 5.74) is 2.71. The predicted octanol–water partition coefficient (Wildman–Crippen LogP) is 6.42. The highest BCUT2D eigenvalue weighted by Gasteiger charge is 2.45. The Morgan fingerprint density at radius 2 is 1.88 bits per heavy atom. The zero-order chi connectivity index (χ0) is 28.4. The zero-order valence-electron chi connectivity index (χ0n) is 22.4. The van der Waals surface area contributed by atoms with Gasteiger partial charge in [-0.1, -0.05) is 41.2 Å². The molecule has 3 aliphatic rings. The monoisotopic (exact) mass is 603 g/mol. The van der Waals surface area contributed by atoms with E-state index in [4.69, 9.17) is 33.3 Å². The van der Waals surface area contributed by atoms with E-state index in [1.165, 1.54) is 11.9 Å². The van der Waals surface area contributed by atoms with Crippen molar-refractivity contribution < 1.29 is 19.7 Å². The summed E-state index contributed by atoms with van der Waals surface area (Å²) in [6.07, 6.45) is 4.00. The summed E-state index contributed by atoms with van der Waals surface area (Å²) in [6, 6.07) is 13.2. The number of anilines is 1. The summed E-state index contributed by atoms with van der Waals surface area (Å²) in [5.74, 6) is 1.16. The minimum atomic E-state index is -0.376. The van der Waals surface area contributed by atoms with Crippen LogP contribution in [0, 0.1) is 17.2 Å². The maximum absolute atomic E-state index is 12.4. The van der Waals surface area contributed by atoms with E-state index < -0.39 is 0 Å². The van der Waals surface area contributed by atoms with Crippen LogP contribution in [0.3, 0.4) is 0 Å². The standard InChI is InChI=1S/C30H35Cl2N3O4S/c1-17(36)11-12-40-34-30(38)19-7-9-21(10-8-19)35-15-20-13-22(35)14-26(20)39-16-23(29(37)18-5-6-18)28(33)27-24(31)3-2-4-25(27)32/h2-4,7-10,17-18,20,22,26,33,36-37H,5-6,11-16H2,1H3,(H,34,38)/b29-23-,33-28?/t17?,20-,22-,26+/m0/s1. The molecule has 1 heterocycles. The number of carbonyl (C=O) groups is 1. The molecule has 2 aliphatic carbocycles. The Balaban J connectivity index is 1.18. The molecule has 0 spiro atoms. The number of nitrogens with zero attached hydrogens (tertiary/aromatic N) is 1. The third-order valence-electron chi connectivity index (χ3n) is 7.97. The van der Waals surface area contributed by atoms with E-state index in [0.717, 1.165) is 37.9 Å². The number of ether oxygens (including phenoxy) is 1. The summed E-state index contributed by atoms with van der Waals surface area (Å²) < 4.78 is 9.20. The zero-order valence-corrected chi connectivity index (χ0v) is 24.7. The SMILES string of the molecule is CC(O)CCSNC(=O)c1ccc(N2C[C@@H]3C[C@H]2C[C@H]3OC/C(C(=N)c2c(Cl)cccc2Cl)=C(/O)C2CC2)cc1. The highest BCUT2D eigenvalue weighted by atomic mass is 35.5. The second kappa shape index (κ2) is 12.7. The van der Waals surface area contributed by atoms with Gasteiger partial charge < -0.3 is 19.8 Å². The average Bonchev–Trinajstić information content (AvgIpc) is 3.60. The fourth-order valence-corrected chi connectivity index (χ4v) is 6.99. The molecule has 2 aromatic rings. The molecular formula is C30H35Cl2N3O4S. The summed E-state index contributed by atoms with van der Waals surface area (Å²) in [6.45, 7) is 2.74. The quantitative estimate of drug-likeness (QED) is 0.0965. The number of halogens is 2. The number of benzene rings is 2. The number of hydrogen-bond acceptors (Lipinski definition) is 7. The van der Waals surface area contributed by atoms with Crippen LogP contribution >= 0.6 is 35.1 Å². The highest BCUT2D eigenvalue weighted by Crippen LogP contribution is 2.43. The van der Waals surface area contributed by atoms with Gasteiger partial charge in [0.05, 0.1) is 34.6 Å². The van der Waals surface area contributed by atoms with Gasteiger partial charge in [0.1, 0.15) is 5.76 Å². The van der Waals surface area contributed by atoms with Gasteiger partial charge >= 0.3 is 0 Å². The molecule has 5 rings (SSSR count). The molecule has 0 radical (unpaired) electrons. The molecule has 7 nitrogen and oxygen atoms in total. The van der Waals surface area contributed by atoms with Gasteiger partial charge in [0.25, 0.3) is 5.91 Å². The molecule has 214 valence electrons. The molecule has 10 heteroatoms. The summed E-state index contributed by atoms with van der Waals surface area (Å²) in [5, 5.41) is 29.9. The van der Waals surface area contributed by atoms with Crippen molar-refractivity contribution in [3.8, 4) is 0 Å². The Morgan fingerprint density at radius 1 is 1.18 bits per heavy atom. The number of fused-ring (bicyclic) bond motifs is 2. The van der Waals surface area contributed by atoms with E-state index in [0.29, 0.717) is 50.9 Å². The van der Waals surface area contributed by atoms with Gasteiger partial charge in [0.2, 0.25) is 0 Å². The van der Waals surface area contributed by atoms with Crippen LogP contribution < -0.4 is 9.62 Å². The Kier molecular flexibility index (Phi) is 9.32. The maximum Gasteiger partial charge on any atom is 0.261 e. The van der Waals surface area contributed by atoms with Crippen molar-refractivity contribution in [3.05, 3.63) is 75.0 Å². The van der Waals surface area contributed by atoms with Crippen molar-refractivity contribution in [3.63, 3.8) is 0 Å². The fraction of sp³-hybridized carbons (Fsp3) is 0.467. The van der Waals surface area contributed by atoms with Crippen LogP contribution in [0.25, 0.3) is 0 Å². The van der Waals surface area contributed by atoms with Crippen LogP contribution in [-0.4, -0.2) is 59.0 Å². The molecule has 1 amide bonds. The number of aliphatic hydroxyl groups excluding tert-OH is 2. The smallest absolute Gasteiger partial charge is 0.261 e. The second-order valence-corrected chi connectivity index (χ2v) is 12.7. The first-order valence-electron chi connectivity index (χ1n) is 13.8. The number of piperidine rings is 1.